The maximum Gasteiger partial charge on any atom is 0.258 e. The summed E-state index contributed by atoms with van der Waals surface area (Å²) in [4.78, 5) is 54.5. The zero-order valence-corrected chi connectivity index (χ0v) is 26.3. The second-order valence-electron chi connectivity index (χ2n) is 12.2. The number of carbonyl (C=O) groups excluding carboxylic acids is 4. The summed E-state index contributed by atoms with van der Waals surface area (Å²) >= 11 is 21.1. The van der Waals surface area contributed by atoms with Gasteiger partial charge in [0.1, 0.15) is 11.6 Å². The number of aromatic hydroxyl groups is 1. The summed E-state index contributed by atoms with van der Waals surface area (Å²) in [6.07, 6.45) is 1.75. The molecule has 0 radical (unpaired) electrons. The first-order chi connectivity index (χ1) is 21.3. The molecule has 0 bridgehead atoms. The lowest BCUT2D eigenvalue weighted by Gasteiger charge is -2.50. The van der Waals surface area contributed by atoms with E-state index in [0.29, 0.717) is 21.8 Å². The molecule has 4 amide bonds. The Morgan fingerprint density at radius 3 is 2.22 bits per heavy atom. The van der Waals surface area contributed by atoms with Crippen LogP contribution in [0.25, 0.3) is 0 Å². The number of rotatable bonds is 3. The van der Waals surface area contributed by atoms with Gasteiger partial charge in [0.2, 0.25) is 11.8 Å². The number of halogens is 4. The third-order valence-electron chi connectivity index (χ3n) is 9.89. The fourth-order valence-electron chi connectivity index (χ4n) is 7.63. The van der Waals surface area contributed by atoms with Crippen LogP contribution >= 0.6 is 34.8 Å². The first-order valence-electron chi connectivity index (χ1n) is 14.5. The van der Waals surface area contributed by atoms with E-state index in [1.54, 1.807) is 49.4 Å². The molecule has 2 heterocycles. The molecule has 3 aromatic carbocycles. The number of phenols is 1. The summed E-state index contributed by atoms with van der Waals surface area (Å²) in [6.45, 7) is 3.50. The number of amides is 4. The van der Waals surface area contributed by atoms with Crippen LogP contribution in [0.3, 0.4) is 0 Å². The number of alkyl halides is 2. The highest BCUT2D eigenvalue weighted by atomic mass is 35.5. The van der Waals surface area contributed by atoms with Gasteiger partial charge < -0.3 is 5.11 Å². The predicted octanol–water partition coefficient (Wildman–Crippen LogP) is 6.57. The lowest BCUT2D eigenvalue weighted by atomic mass is 9.56. The topological polar surface area (TPSA) is 95.0 Å². The summed E-state index contributed by atoms with van der Waals surface area (Å²) in [7, 11) is 0. The van der Waals surface area contributed by atoms with E-state index < -0.39 is 62.9 Å². The fraction of sp³-hybridized carbons (Fsp3) is 0.294. The average molecular weight is 668 g/mol. The van der Waals surface area contributed by atoms with Gasteiger partial charge in [0.15, 0.2) is 9.75 Å². The number of fused-ring (bicyclic) bond motifs is 4. The Kier molecular flexibility index (Phi) is 6.75. The van der Waals surface area contributed by atoms with Gasteiger partial charge >= 0.3 is 0 Å². The second-order valence-corrected chi connectivity index (χ2v) is 13.9. The Morgan fingerprint density at radius 1 is 0.844 bits per heavy atom. The number of imide groups is 2. The van der Waals surface area contributed by atoms with E-state index in [0.717, 1.165) is 27.5 Å². The maximum atomic E-state index is 14.4. The Morgan fingerprint density at radius 2 is 1.53 bits per heavy atom. The van der Waals surface area contributed by atoms with Crippen LogP contribution in [-0.4, -0.2) is 38.5 Å². The summed E-state index contributed by atoms with van der Waals surface area (Å²) < 4.78 is 13.8. The number of anilines is 2. The molecule has 3 fully saturated rings. The summed E-state index contributed by atoms with van der Waals surface area (Å²) in [5.74, 6) is -6.78. The number of aryl methyl sites for hydroxylation is 2. The molecule has 0 aromatic heterocycles. The fourth-order valence-corrected chi connectivity index (χ4v) is 8.74. The van der Waals surface area contributed by atoms with E-state index in [-0.39, 0.29) is 29.8 Å². The van der Waals surface area contributed by atoms with Gasteiger partial charge in [0.25, 0.3) is 11.8 Å². The molecule has 2 aliphatic heterocycles. The zero-order chi connectivity index (χ0) is 32.2. The van der Waals surface area contributed by atoms with E-state index in [1.165, 1.54) is 12.1 Å². The standard InChI is InChI=1S/C34H26Cl3FN2O5/c1-16-6-9-20(14-25(16)35)39-29(42)22-13-12-21-24(26(22)30(39)43)15-33(36)31(44)40(19-10-7-18(38)8-11-19)32(45)34(33,37)27(21)23-5-3-4-17(2)28(23)41/h3-12,14,22,24,26-27,41H,13,15H2,1-2H3. The molecule has 1 saturated carbocycles. The molecule has 7 rings (SSSR count). The van der Waals surface area contributed by atoms with Gasteiger partial charge in [-0.25, -0.2) is 14.2 Å². The lowest BCUT2D eigenvalue weighted by molar-refractivity contribution is -0.125. The zero-order valence-electron chi connectivity index (χ0n) is 24.1. The van der Waals surface area contributed by atoms with Crippen molar-refractivity contribution >= 4 is 69.8 Å². The molecule has 7 nitrogen and oxygen atoms in total. The van der Waals surface area contributed by atoms with Crippen LogP contribution in [0, 0.1) is 37.4 Å². The second kappa shape index (κ2) is 10.1. The molecule has 3 aromatic rings. The molecule has 6 unspecified atom stereocenters. The first-order valence-corrected chi connectivity index (χ1v) is 15.6. The summed E-state index contributed by atoms with van der Waals surface area (Å²) in [5, 5.41) is 11.7. The molecule has 0 spiro atoms. The van der Waals surface area contributed by atoms with Gasteiger partial charge in [-0.3, -0.25) is 19.2 Å². The SMILES string of the molecule is Cc1ccc(N2C(=O)C3CC=C4C(CC5(Cl)C(=O)N(c6ccc(F)cc6)C(=O)C5(Cl)C4c4cccc(C)c4O)C3C2=O)cc1Cl. The Balaban J connectivity index is 1.41. The van der Waals surface area contributed by atoms with E-state index in [4.69, 9.17) is 34.8 Å². The molecular weight excluding hydrogens is 642 g/mol. The van der Waals surface area contributed by atoms with Gasteiger partial charge in [-0.1, -0.05) is 47.5 Å². The normalized spacial score (nSPS) is 30.8. The number of hydrogen-bond donors (Lipinski definition) is 1. The monoisotopic (exact) mass is 666 g/mol. The van der Waals surface area contributed by atoms with Gasteiger partial charge in [-0.2, -0.15) is 0 Å². The number of carbonyl (C=O) groups is 4. The number of benzene rings is 3. The highest BCUT2D eigenvalue weighted by Gasteiger charge is 2.77. The third kappa shape index (κ3) is 3.95. The maximum absolute atomic E-state index is 14.4. The van der Waals surface area contributed by atoms with Gasteiger partial charge in [0, 0.05) is 16.5 Å². The molecule has 2 saturated heterocycles. The smallest absolute Gasteiger partial charge is 0.258 e. The molecule has 45 heavy (non-hydrogen) atoms. The number of allylic oxidation sites excluding steroid dienone is 2. The Labute approximate surface area is 273 Å². The van der Waals surface area contributed by atoms with E-state index >= 15 is 0 Å². The van der Waals surface area contributed by atoms with Crippen molar-refractivity contribution in [1.82, 2.24) is 0 Å². The van der Waals surface area contributed by atoms with Crippen molar-refractivity contribution in [3.63, 3.8) is 0 Å². The minimum Gasteiger partial charge on any atom is -0.507 e. The van der Waals surface area contributed by atoms with Gasteiger partial charge in [-0.15, -0.1) is 23.2 Å². The van der Waals surface area contributed by atoms with Crippen molar-refractivity contribution < 1.29 is 28.7 Å². The molecule has 2 aliphatic carbocycles. The van der Waals surface area contributed by atoms with Crippen LogP contribution in [0.1, 0.15) is 35.4 Å². The minimum absolute atomic E-state index is 0.0810. The van der Waals surface area contributed by atoms with Crippen molar-refractivity contribution in [3.05, 3.63) is 99.8 Å². The van der Waals surface area contributed by atoms with Crippen molar-refractivity contribution in [2.24, 2.45) is 17.8 Å². The molecule has 4 aliphatic rings. The number of para-hydroxylation sites is 1. The van der Waals surface area contributed by atoms with E-state index in [1.807, 2.05) is 6.92 Å². The molecule has 11 heteroatoms. The average Bonchev–Trinajstić information content (AvgIpc) is 3.35. The molecule has 230 valence electrons. The lowest BCUT2D eigenvalue weighted by Crippen LogP contribution is -2.60. The van der Waals surface area contributed by atoms with E-state index in [9.17, 15) is 28.7 Å². The minimum atomic E-state index is -2.13. The summed E-state index contributed by atoms with van der Waals surface area (Å²) in [6, 6.07) is 14.8. The summed E-state index contributed by atoms with van der Waals surface area (Å²) in [5.41, 5.74) is 2.53. The molecule has 1 N–H and O–H groups in total. The highest BCUT2D eigenvalue weighted by molar-refractivity contribution is 6.58. The third-order valence-corrected chi connectivity index (χ3v) is 11.7. The van der Waals surface area contributed by atoms with Crippen molar-refractivity contribution in [3.8, 4) is 5.75 Å². The van der Waals surface area contributed by atoms with Crippen molar-refractivity contribution in [2.75, 3.05) is 9.80 Å². The molecular formula is C34H26Cl3FN2O5. The van der Waals surface area contributed by atoms with Crippen molar-refractivity contribution in [1.29, 1.82) is 0 Å². The van der Waals surface area contributed by atoms with Crippen LogP contribution in [0.15, 0.2) is 72.3 Å². The number of hydrogen-bond acceptors (Lipinski definition) is 5. The number of nitrogens with zero attached hydrogens (tertiary/aromatic N) is 2. The first kappa shape index (κ1) is 30.0. The Hall–Kier alpha value is -3.72. The quantitative estimate of drug-likeness (QED) is 0.194. The largest absolute Gasteiger partial charge is 0.507 e. The van der Waals surface area contributed by atoms with Gasteiger partial charge in [-0.05, 0) is 80.1 Å². The van der Waals surface area contributed by atoms with Crippen LogP contribution in [0.4, 0.5) is 15.8 Å². The van der Waals surface area contributed by atoms with Crippen LogP contribution in [0.5, 0.6) is 5.75 Å². The van der Waals surface area contributed by atoms with E-state index in [2.05, 4.69) is 0 Å². The molecule has 6 atom stereocenters. The Bertz CT molecular complexity index is 1880. The van der Waals surface area contributed by atoms with Crippen LogP contribution < -0.4 is 9.80 Å². The highest BCUT2D eigenvalue weighted by Crippen LogP contribution is 2.66. The van der Waals surface area contributed by atoms with Crippen LogP contribution in [0.2, 0.25) is 5.02 Å². The van der Waals surface area contributed by atoms with Crippen LogP contribution in [-0.2, 0) is 19.2 Å². The van der Waals surface area contributed by atoms with Gasteiger partial charge in [0.05, 0.1) is 23.2 Å². The predicted molar refractivity (Wildman–Crippen MR) is 168 cm³/mol. The number of phenolic OH excluding ortho intramolecular Hbond substituents is 1. The van der Waals surface area contributed by atoms with Crippen molar-refractivity contribution in [2.45, 2.75) is 42.4 Å².